The third-order valence-corrected chi connectivity index (χ3v) is 6.11. The monoisotopic (exact) mass is 422 g/mol. The van der Waals surface area contributed by atoms with E-state index < -0.39 is 0 Å². The molecule has 0 aliphatic heterocycles. The molecule has 0 aromatic heterocycles. The molecule has 0 heterocycles. The molecular formula is C30H30O2. The highest BCUT2D eigenvalue weighted by molar-refractivity contribution is 5.71. The fourth-order valence-electron chi connectivity index (χ4n) is 4.29. The fraction of sp³-hybridized carbons (Fsp3) is 0.200. The predicted octanol–water partition coefficient (Wildman–Crippen LogP) is 7.07. The largest absolute Gasteiger partial charge is 0.507 e. The van der Waals surface area contributed by atoms with Crippen molar-refractivity contribution in [3.05, 3.63) is 118 Å². The van der Waals surface area contributed by atoms with Gasteiger partial charge in [0.05, 0.1) is 0 Å². The molecule has 0 saturated heterocycles. The first-order valence-corrected chi connectivity index (χ1v) is 11.4. The molecule has 0 saturated carbocycles. The molecule has 0 atom stereocenters. The van der Waals surface area contributed by atoms with Crippen LogP contribution in [0.15, 0.2) is 84.9 Å². The summed E-state index contributed by atoms with van der Waals surface area (Å²) in [5, 5.41) is 21.8. The zero-order valence-electron chi connectivity index (χ0n) is 18.8. The fourth-order valence-corrected chi connectivity index (χ4v) is 4.29. The molecule has 162 valence electrons. The second kappa shape index (κ2) is 9.74. The summed E-state index contributed by atoms with van der Waals surface area (Å²) in [5.74, 6) is 0.776. The number of rotatable bonds is 7. The molecule has 0 unspecified atom stereocenters. The molecule has 4 aromatic carbocycles. The Morgan fingerprint density at radius 1 is 0.500 bits per heavy atom. The van der Waals surface area contributed by atoms with Gasteiger partial charge in [-0.25, -0.2) is 0 Å². The van der Waals surface area contributed by atoms with E-state index in [2.05, 4.69) is 62.4 Å². The van der Waals surface area contributed by atoms with Crippen molar-refractivity contribution < 1.29 is 10.2 Å². The summed E-state index contributed by atoms with van der Waals surface area (Å²) in [4.78, 5) is 0. The Labute approximate surface area is 190 Å². The first-order valence-electron chi connectivity index (χ1n) is 11.4. The number of hydrogen-bond acceptors (Lipinski definition) is 2. The molecule has 0 bridgehead atoms. The molecule has 0 aliphatic rings. The first-order chi connectivity index (χ1) is 15.6. The molecule has 2 heteroatoms. The Hall–Kier alpha value is -3.52. The summed E-state index contributed by atoms with van der Waals surface area (Å²) in [7, 11) is 0. The molecule has 0 fully saturated rings. The molecule has 0 radical (unpaired) electrons. The highest BCUT2D eigenvalue weighted by atomic mass is 16.3. The number of phenolic OH excluding ortho intramolecular Hbond substituents is 2. The molecule has 2 N–H and O–H groups in total. The molecule has 32 heavy (non-hydrogen) atoms. The smallest absolute Gasteiger partial charge is 0.122 e. The van der Waals surface area contributed by atoms with Gasteiger partial charge in [-0.3, -0.25) is 0 Å². The minimum absolute atomic E-state index is 0.367. The highest BCUT2D eigenvalue weighted by Crippen LogP contribution is 2.36. The van der Waals surface area contributed by atoms with Crippen molar-refractivity contribution in [1.82, 2.24) is 0 Å². The van der Waals surface area contributed by atoms with Gasteiger partial charge in [-0.05, 0) is 81.6 Å². The topological polar surface area (TPSA) is 40.5 Å². The molecular weight excluding hydrogens is 392 g/mol. The van der Waals surface area contributed by atoms with Gasteiger partial charge in [0.25, 0.3) is 0 Å². The minimum Gasteiger partial charge on any atom is -0.507 e. The van der Waals surface area contributed by atoms with Crippen LogP contribution in [0.5, 0.6) is 11.5 Å². The van der Waals surface area contributed by atoms with Gasteiger partial charge in [0, 0.05) is 12.8 Å². The third kappa shape index (κ3) is 4.70. The van der Waals surface area contributed by atoms with Crippen LogP contribution in [0, 0.1) is 0 Å². The molecule has 0 amide bonds. The van der Waals surface area contributed by atoms with Crippen molar-refractivity contribution >= 4 is 0 Å². The Morgan fingerprint density at radius 3 is 1.22 bits per heavy atom. The summed E-state index contributed by atoms with van der Waals surface area (Å²) in [5.41, 5.74) is 8.25. The van der Waals surface area contributed by atoms with Crippen LogP contribution in [0.3, 0.4) is 0 Å². The lowest BCUT2D eigenvalue weighted by Crippen LogP contribution is -1.98. The van der Waals surface area contributed by atoms with Crippen LogP contribution in [0.4, 0.5) is 0 Å². The normalized spacial score (nSPS) is 10.9. The number of aryl methyl sites for hydroxylation is 2. The number of phenols is 2. The van der Waals surface area contributed by atoms with Crippen molar-refractivity contribution in [3.63, 3.8) is 0 Å². The first kappa shape index (κ1) is 21.7. The summed E-state index contributed by atoms with van der Waals surface area (Å²) in [6, 6.07) is 28.9. The van der Waals surface area contributed by atoms with Gasteiger partial charge in [-0.1, -0.05) is 74.5 Å². The van der Waals surface area contributed by atoms with Crippen LogP contribution < -0.4 is 0 Å². The summed E-state index contributed by atoms with van der Waals surface area (Å²) in [6.07, 6.45) is 2.89. The van der Waals surface area contributed by atoms with Gasteiger partial charge < -0.3 is 10.2 Å². The lowest BCUT2D eigenvalue weighted by molar-refractivity contribution is 0.462. The van der Waals surface area contributed by atoms with E-state index >= 15 is 0 Å². The lowest BCUT2D eigenvalue weighted by atomic mass is 9.90. The van der Waals surface area contributed by atoms with E-state index in [0.29, 0.717) is 24.3 Å². The predicted molar refractivity (Wildman–Crippen MR) is 132 cm³/mol. The second-order valence-corrected chi connectivity index (χ2v) is 8.32. The summed E-state index contributed by atoms with van der Waals surface area (Å²) < 4.78 is 0. The van der Waals surface area contributed by atoms with Gasteiger partial charge in [0.15, 0.2) is 0 Å². The molecule has 0 aliphatic carbocycles. The van der Waals surface area contributed by atoms with Gasteiger partial charge in [0.1, 0.15) is 11.5 Å². The molecule has 2 nitrogen and oxygen atoms in total. The van der Waals surface area contributed by atoms with Crippen LogP contribution in [0.2, 0.25) is 0 Å². The summed E-state index contributed by atoms with van der Waals surface area (Å²) >= 11 is 0. The third-order valence-electron chi connectivity index (χ3n) is 6.11. The Kier molecular flexibility index (Phi) is 6.61. The highest BCUT2D eigenvalue weighted by Gasteiger charge is 2.15. The molecule has 0 spiro atoms. The van der Waals surface area contributed by atoms with E-state index in [1.807, 2.05) is 36.4 Å². The second-order valence-electron chi connectivity index (χ2n) is 8.32. The standard InChI is InChI=1S/C30H30O2/c1-3-23-17-25(18-24(4-2)29(23)31)26-19-27(15-21-11-7-5-8-12-21)30(32)28(20-26)16-22-13-9-6-10-14-22/h5-14,17-20,31-32H,3-4,15-16H2,1-2H3. The quantitative estimate of drug-likeness (QED) is 0.334. The maximum absolute atomic E-state index is 11.2. The van der Waals surface area contributed by atoms with E-state index in [-0.39, 0.29) is 0 Å². The van der Waals surface area contributed by atoms with Crippen molar-refractivity contribution in [2.45, 2.75) is 39.5 Å². The van der Waals surface area contributed by atoms with Crippen LogP contribution in [-0.4, -0.2) is 10.2 Å². The van der Waals surface area contributed by atoms with Crippen LogP contribution in [0.1, 0.15) is 47.2 Å². The maximum Gasteiger partial charge on any atom is 0.122 e. The van der Waals surface area contributed by atoms with Gasteiger partial charge >= 0.3 is 0 Å². The van der Waals surface area contributed by atoms with Crippen LogP contribution >= 0.6 is 0 Å². The number of benzene rings is 4. The summed E-state index contributed by atoms with van der Waals surface area (Å²) in [6.45, 7) is 4.13. The van der Waals surface area contributed by atoms with Gasteiger partial charge in [-0.2, -0.15) is 0 Å². The lowest BCUT2D eigenvalue weighted by Gasteiger charge is -2.16. The van der Waals surface area contributed by atoms with Crippen molar-refractivity contribution in [2.24, 2.45) is 0 Å². The minimum atomic E-state index is 0.367. The maximum atomic E-state index is 11.2. The van der Waals surface area contributed by atoms with E-state index in [9.17, 15) is 10.2 Å². The number of aromatic hydroxyl groups is 2. The molecule has 4 aromatic rings. The SMILES string of the molecule is CCc1cc(-c2cc(Cc3ccccc3)c(O)c(Cc3ccccc3)c2)cc(CC)c1O. The van der Waals surface area contributed by atoms with E-state index in [1.165, 1.54) is 11.1 Å². The zero-order chi connectivity index (χ0) is 22.5. The average Bonchev–Trinajstić information content (AvgIpc) is 2.83. The van der Waals surface area contributed by atoms with Crippen LogP contribution in [0.25, 0.3) is 11.1 Å². The Balaban J connectivity index is 1.85. The number of hydrogen-bond donors (Lipinski definition) is 2. The van der Waals surface area contributed by atoms with Crippen molar-refractivity contribution in [2.75, 3.05) is 0 Å². The van der Waals surface area contributed by atoms with Gasteiger partial charge in [-0.15, -0.1) is 0 Å². The van der Waals surface area contributed by atoms with E-state index in [1.54, 1.807) is 0 Å². The van der Waals surface area contributed by atoms with Crippen LogP contribution in [-0.2, 0) is 25.7 Å². The van der Waals surface area contributed by atoms with E-state index in [0.717, 1.165) is 46.2 Å². The zero-order valence-corrected chi connectivity index (χ0v) is 18.8. The molecule has 4 rings (SSSR count). The Morgan fingerprint density at radius 2 is 0.844 bits per heavy atom. The average molecular weight is 423 g/mol. The van der Waals surface area contributed by atoms with E-state index in [4.69, 9.17) is 0 Å². The van der Waals surface area contributed by atoms with Crippen molar-refractivity contribution in [3.8, 4) is 22.6 Å². The van der Waals surface area contributed by atoms with Gasteiger partial charge in [0.2, 0.25) is 0 Å². The van der Waals surface area contributed by atoms with Crippen molar-refractivity contribution in [1.29, 1.82) is 0 Å². The Bertz CT molecular complexity index is 1110.